The highest BCUT2D eigenvalue weighted by Crippen LogP contribution is 2.43. The second-order valence-electron chi connectivity index (χ2n) is 11.4. The Kier molecular flexibility index (Phi) is 10.9. The normalized spacial score (nSPS) is 18.9. The number of amides is 2. The quantitative estimate of drug-likeness (QED) is 0.121. The molecule has 0 unspecified atom stereocenters. The number of rotatable bonds is 11. The van der Waals surface area contributed by atoms with Crippen molar-refractivity contribution < 1.29 is 28.8 Å². The van der Waals surface area contributed by atoms with Crippen molar-refractivity contribution in [1.82, 2.24) is 0 Å². The molecular weight excluding hydrogens is 625 g/mol. The molecule has 1 fully saturated rings. The fraction of sp³-hybridized carbons (Fsp3) is 0.205. The van der Waals surface area contributed by atoms with Crippen LogP contribution < -0.4 is 20.1 Å². The molecule has 8 nitrogen and oxygen atoms in total. The number of urea groups is 1. The van der Waals surface area contributed by atoms with Gasteiger partial charge in [-0.05, 0) is 71.8 Å². The van der Waals surface area contributed by atoms with Crippen LogP contribution in [-0.2, 0) is 16.1 Å². The second-order valence-corrected chi connectivity index (χ2v) is 12.5. The molecular formula is C39H38N2O6S. The first-order valence-corrected chi connectivity index (χ1v) is 16.7. The number of methoxy groups -OCH3 is 1. The van der Waals surface area contributed by atoms with E-state index in [1.165, 1.54) is 0 Å². The molecule has 5 aromatic rings. The Labute approximate surface area is 285 Å². The first-order valence-electron chi connectivity index (χ1n) is 15.8. The van der Waals surface area contributed by atoms with E-state index in [1.54, 1.807) is 43.1 Å². The molecule has 3 N–H and O–H groups in total. The van der Waals surface area contributed by atoms with Crippen LogP contribution in [0.5, 0.6) is 17.2 Å². The predicted molar refractivity (Wildman–Crippen MR) is 189 cm³/mol. The summed E-state index contributed by atoms with van der Waals surface area (Å²) in [5, 5.41) is 15.3. The number of aliphatic hydroxyl groups is 1. The van der Waals surface area contributed by atoms with Crippen molar-refractivity contribution >= 4 is 29.2 Å². The molecule has 4 atom stereocenters. The molecule has 48 heavy (non-hydrogen) atoms. The SMILES string of the molecule is COc1ccccc1SC[C@H]1O[C@@H](c2ccc(NC(=O)Nc3ccc(Oc4ccccc4)cc3)cc2)O[C@@H](c2ccc(CO)cc2)[C@H]1C. The standard InChI is InChI=1S/C39H38N2O6S/c1-26-35(25-48-36-11-7-6-10-34(36)44-2)46-38(47-37(26)28-14-12-27(24-42)13-15-28)29-16-18-30(19-17-29)40-39(43)41-31-20-22-33(23-21-31)45-32-8-4-3-5-9-32/h3-23,26,35,37-38,42H,24-25H2,1-2H3,(H2,40,41,43)/t26-,35+,37+,38+/m0/s1. The van der Waals surface area contributed by atoms with Gasteiger partial charge >= 0.3 is 6.03 Å². The summed E-state index contributed by atoms with van der Waals surface area (Å²) in [6.45, 7) is 2.13. The van der Waals surface area contributed by atoms with Crippen molar-refractivity contribution in [1.29, 1.82) is 0 Å². The van der Waals surface area contributed by atoms with E-state index in [2.05, 4.69) is 17.6 Å². The molecule has 1 heterocycles. The Morgan fingerprint density at radius 1 is 0.750 bits per heavy atom. The van der Waals surface area contributed by atoms with Crippen LogP contribution in [0.2, 0.25) is 0 Å². The number of ether oxygens (including phenoxy) is 4. The molecule has 246 valence electrons. The van der Waals surface area contributed by atoms with E-state index in [9.17, 15) is 9.90 Å². The number of nitrogens with one attached hydrogen (secondary N) is 2. The fourth-order valence-electron chi connectivity index (χ4n) is 5.47. The zero-order chi connectivity index (χ0) is 33.3. The van der Waals surface area contributed by atoms with Gasteiger partial charge in [0, 0.05) is 33.5 Å². The minimum atomic E-state index is -0.619. The molecule has 0 saturated carbocycles. The number of carbonyl (C=O) groups is 1. The van der Waals surface area contributed by atoms with E-state index >= 15 is 0 Å². The maximum absolute atomic E-state index is 12.8. The molecule has 0 bridgehead atoms. The van der Waals surface area contributed by atoms with Crippen LogP contribution >= 0.6 is 11.8 Å². The van der Waals surface area contributed by atoms with Crippen molar-refractivity contribution in [3.63, 3.8) is 0 Å². The molecule has 0 aromatic heterocycles. The van der Waals surface area contributed by atoms with E-state index in [0.717, 1.165) is 33.1 Å². The molecule has 0 radical (unpaired) electrons. The summed E-state index contributed by atoms with van der Waals surface area (Å²) < 4.78 is 24.6. The van der Waals surface area contributed by atoms with E-state index in [-0.39, 0.29) is 30.8 Å². The average molecular weight is 663 g/mol. The summed E-state index contributed by atoms with van der Waals surface area (Å²) in [6.07, 6.45) is -0.978. The van der Waals surface area contributed by atoms with Crippen LogP contribution in [0.25, 0.3) is 0 Å². The van der Waals surface area contributed by atoms with Gasteiger partial charge in [0.2, 0.25) is 0 Å². The topological polar surface area (TPSA) is 98.3 Å². The van der Waals surface area contributed by atoms with Gasteiger partial charge in [-0.15, -0.1) is 11.8 Å². The van der Waals surface area contributed by atoms with Gasteiger partial charge in [-0.1, -0.05) is 73.7 Å². The maximum Gasteiger partial charge on any atom is 0.323 e. The van der Waals surface area contributed by atoms with Crippen molar-refractivity contribution in [2.24, 2.45) is 5.92 Å². The van der Waals surface area contributed by atoms with Gasteiger partial charge in [-0.2, -0.15) is 0 Å². The Bertz CT molecular complexity index is 1770. The first-order chi connectivity index (χ1) is 23.5. The Balaban J connectivity index is 1.11. The third-order valence-corrected chi connectivity index (χ3v) is 9.27. The van der Waals surface area contributed by atoms with E-state index in [0.29, 0.717) is 22.9 Å². The lowest BCUT2D eigenvalue weighted by molar-refractivity contribution is -0.268. The molecule has 1 aliphatic rings. The molecule has 2 amide bonds. The van der Waals surface area contributed by atoms with Crippen LogP contribution in [0.15, 0.2) is 132 Å². The van der Waals surface area contributed by atoms with Crippen LogP contribution in [-0.4, -0.2) is 30.1 Å². The van der Waals surface area contributed by atoms with Gasteiger partial charge in [0.25, 0.3) is 0 Å². The monoisotopic (exact) mass is 662 g/mol. The first kappa shape index (κ1) is 33.1. The van der Waals surface area contributed by atoms with Gasteiger partial charge in [-0.25, -0.2) is 4.79 Å². The highest BCUT2D eigenvalue weighted by molar-refractivity contribution is 7.99. The number of hydrogen-bond acceptors (Lipinski definition) is 7. The largest absolute Gasteiger partial charge is 0.496 e. The lowest BCUT2D eigenvalue weighted by Crippen LogP contribution is -2.38. The number of hydrogen-bond donors (Lipinski definition) is 3. The smallest absolute Gasteiger partial charge is 0.323 e. The van der Waals surface area contributed by atoms with E-state index < -0.39 is 6.29 Å². The molecule has 9 heteroatoms. The van der Waals surface area contributed by atoms with Gasteiger partial charge < -0.3 is 34.7 Å². The van der Waals surface area contributed by atoms with Gasteiger partial charge in [0.1, 0.15) is 17.2 Å². The van der Waals surface area contributed by atoms with Crippen molar-refractivity contribution in [3.05, 3.63) is 144 Å². The predicted octanol–water partition coefficient (Wildman–Crippen LogP) is 9.21. The van der Waals surface area contributed by atoms with Gasteiger partial charge in [0.15, 0.2) is 6.29 Å². The Morgan fingerprint density at radius 2 is 1.35 bits per heavy atom. The zero-order valence-electron chi connectivity index (χ0n) is 26.7. The maximum atomic E-state index is 12.8. The molecule has 5 aromatic carbocycles. The minimum Gasteiger partial charge on any atom is -0.496 e. The second kappa shape index (κ2) is 15.9. The average Bonchev–Trinajstić information content (AvgIpc) is 3.13. The molecule has 6 rings (SSSR count). The third-order valence-electron chi connectivity index (χ3n) is 8.13. The Hall–Kier alpha value is -4.80. The molecule has 1 aliphatic heterocycles. The summed E-state index contributed by atoms with van der Waals surface area (Å²) in [6, 6.07) is 39.7. The van der Waals surface area contributed by atoms with Crippen LogP contribution in [0.4, 0.5) is 16.2 Å². The number of thioether (sulfide) groups is 1. The third kappa shape index (κ3) is 8.37. The van der Waals surface area contributed by atoms with Gasteiger partial charge in [-0.3, -0.25) is 0 Å². The van der Waals surface area contributed by atoms with E-state index in [4.69, 9.17) is 18.9 Å². The van der Waals surface area contributed by atoms with Gasteiger partial charge in [0.05, 0.1) is 25.9 Å². The Morgan fingerprint density at radius 3 is 2.02 bits per heavy atom. The summed E-state index contributed by atoms with van der Waals surface area (Å²) >= 11 is 1.69. The van der Waals surface area contributed by atoms with Crippen LogP contribution in [0.3, 0.4) is 0 Å². The van der Waals surface area contributed by atoms with Crippen molar-refractivity contribution in [3.8, 4) is 17.2 Å². The van der Waals surface area contributed by atoms with Crippen LogP contribution in [0, 0.1) is 5.92 Å². The number of benzene rings is 5. The zero-order valence-corrected chi connectivity index (χ0v) is 27.6. The number of carbonyl (C=O) groups excluding carboxylic acids is 1. The lowest BCUT2D eigenvalue weighted by atomic mass is 9.91. The van der Waals surface area contributed by atoms with Crippen LogP contribution in [0.1, 0.15) is 36.0 Å². The summed E-state index contributed by atoms with van der Waals surface area (Å²) in [5.41, 5.74) is 3.97. The molecule has 0 spiro atoms. The number of anilines is 2. The lowest BCUT2D eigenvalue weighted by Gasteiger charge is -2.41. The fourth-order valence-corrected chi connectivity index (χ4v) is 6.66. The van der Waals surface area contributed by atoms with Crippen molar-refractivity contribution in [2.45, 2.75) is 36.9 Å². The molecule has 0 aliphatic carbocycles. The molecule has 1 saturated heterocycles. The number of aliphatic hydroxyl groups excluding tert-OH is 1. The number of para-hydroxylation sites is 2. The minimum absolute atomic E-state index is 0.0142. The van der Waals surface area contributed by atoms with E-state index in [1.807, 2.05) is 103 Å². The van der Waals surface area contributed by atoms with Crippen molar-refractivity contribution in [2.75, 3.05) is 23.5 Å². The summed E-state index contributed by atoms with van der Waals surface area (Å²) in [4.78, 5) is 13.8. The highest BCUT2D eigenvalue weighted by Gasteiger charge is 2.38. The highest BCUT2D eigenvalue weighted by atomic mass is 32.2. The summed E-state index contributed by atoms with van der Waals surface area (Å²) in [7, 11) is 1.68. The summed E-state index contributed by atoms with van der Waals surface area (Å²) in [5.74, 6) is 3.00.